The number of benzene rings is 2. The van der Waals surface area contributed by atoms with Crippen molar-refractivity contribution in [3.05, 3.63) is 75.2 Å². The second kappa shape index (κ2) is 7.50. The summed E-state index contributed by atoms with van der Waals surface area (Å²) in [7, 11) is -4.17. The van der Waals surface area contributed by atoms with Gasteiger partial charge in [0.05, 0.1) is 21.8 Å². The molecular weight excluding hydrogens is 378 g/mol. The number of aromatic nitrogens is 1. The Labute approximate surface area is 153 Å². The molecule has 0 aliphatic heterocycles. The maximum atomic E-state index is 12.6. The smallest absolute Gasteiger partial charge is 0.289 e. The lowest BCUT2D eigenvalue weighted by atomic mass is 10.3. The molecule has 0 saturated heterocycles. The topological polar surface area (TPSA) is 111 Å². The first-order valence-electron chi connectivity index (χ1n) is 7.32. The van der Waals surface area contributed by atoms with E-state index in [4.69, 9.17) is 4.74 Å². The first kappa shape index (κ1) is 17.8. The van der Waals surface area contributed by atoms with Gasteiger partial charge in [0.2, 0.25) is 0 Å². The monoisotopic (exact) mass is 391 g/mol. The third-order valence-electron chi connectivity index (χ3n) is 3.34. The molecule has 0 unspecified atom stereocenters. The average Bonchev–Trinajstić information content (AvgIpc) is 3.14. The summed E-state index contributed by atoms with van der Waals surface area (Å²) in [4.78, 5) is 14.0. The first-order chi connectivity index (χ1) is 12.5. The molecule has 2 aromatic carbocycles. The van der Waals surface area contributed by atoms with Gasteiger partial charge in [0.15, 0.2) is 4.90 Å². The van der Waals surface area contributed by atoms with E-state index in [9.17, 15) is 18.5 Å². The molecule has 0 fully saturated rings. The lowest BCUT2D eigenvalue weighted by Gasteiger charge is -2.13. The zero-order valence-corrected chi connectivity index (χ0v) is 14.9. The van der Waals surface area contributed by atoms with Crippen LogP contribution in [0.5, 0.6) is 5.75 Å². The van der Waals surface area contributed by atoms with E-state index >= 15 is 0 Å². The van der Waals surface area contributed by atoms with E-state index in [0.717, 1.165) is 6.07 Å². The van der Waals surface area contributed by atoms with Crippen LogP contribution in [0.4, 0.5) is 11.4 Å². The first-order valence-corrected chi connectivity index (χ1v) is 9.75. The number of nitrogens with zero attached hydrogens (tertiary/aromatic N) is 2. The van der Waals surface area contributed by atoms with Gasteiger partial charge in [-0.1, -0.05) is 24.3 Å². The minimum Gasteiger partial charge on any atom is -0.485 e. The van der Waals surface area contributed by atoms with Gasteiger partial charge >= 0.3 is 0 Å². The van der Waals surface area contributed by atoms with Gasteiger partial charge < -0.3 is 4.74 Å². The fraction of sp³-hybridized carbons (Fsp3) is 0.0625. The number of hydrogen-bond donors (Lipinski definition) is 1. The van der Waals surface area contributed by atoms with Gasteiger partial charge in [-0.05, 0) is 18.2 Å². The summed E-state index contributed by atoms with van der Waals surface area (Å²) in [5, 5.41) is 12.9. The molecule has 0 spiro atoms. The maximum absolute atomic E-state index is 12.6. The van der Waals surface area contributed by atoms with E-state index in [0.29, 0.717) is 11.4 Å². The lowest BCUT2D eigenvalue weighted by molar-refractivity contribution is -0.387. The van der Waals surface area contributed by atoms with Crippen LogP contribution < -0.4 is 9.46 Å². The molecule has 1 N–H and O–H groups in total. The summed E-state index contributed by atoms with van der Waals surface area (Å²) >= 11 is 1.42. The van der Waals surface area contributed by atoms with Crippen molar-refractivity contribution in [1.29, 1.82) is 0 Å². The second-order valence-electron chi connectivity index (χ2n) is 5.09. The molecule has 0 radical (unpaired) electrons. The van der Waals surface area contributed by atoms with Crippen molar-refractivity contribution in [2.75, 3.05) is 4.72 Å². The molecule has 0 aliphatic carbocycles. The van der Waals surface area contributed by atoms with E-state index in [1.807, 2.05) is 5.38 Å². The highest BCUT2D eigenvalue weighted by molar-refractivity contribution is 7.92. The molecule has 26 heavy (non-hydrogen) atoms. The van der Waals surface area contributed by atoms with Gasteiger partial charge in [0, 0.05) is 11.4 Å². The molecule has 134 valence electrons. The van der Waals surface area contributed by atoms with Crippen molar-refractivity contribution in [3.63, 3.8) is 0 Å². The number of nitro groups is 1. The molecule has 0 atom stereocenters. The second-order valence-corrected chi connectivity index (χ2v) is 7.46. The molecule has 1 heterocycles. The van der Waals surface area contributed by atoms with Crippen molar-refractivity contribution in [3.8, 4) is 5.75 Å². The number of thiazole rings is 1. The van der Waals surface area contributed by atoms with Gasteiger partial charge in [0.25, 0.3) is 15.7 Å². The van der Waals surface area contributed by atoms with Gasteiger partial charge in [0.1, 0.15) is 12.4 Å². The van der Waals surface area contributed by atoms with E-state index < -0.39 is 25.5 Å². The standard InChI is InChI=1S/C16H13N3O5S2/c20-19(21)14-6-2-4-8-16(14)26(22,23)18-13-5-1-3-7-15(13)24-9-12-10-25-11-17-12/h1-8,10-11,18H,9H2. The van der Waals surface area contributed by atoms with Crippen LogP contribution in [0.25, 0.3) is 0 Å². The van der Waals surface area contributed by atoms with Gasteiger partial charge in [-0.15, -0.1) is 11.3 Å². The van der Waals surface area contributed by atoms with E-state index in [1.54, 1.807) is 23.7 Å². The lowest BCUT2D eigenvalue weighted by Crippen LogP contribution is -2.15. The molecule has 10 heteroatoms. The highest BCUT2D eigenvalue weighted by atomic mass is 32.2. The number of ether oxygens (including phenoxy) is 1. The number of nitrogens with one attached hydrogen (secondary N) is 1. The van der Waals surface area contributed by atoms with Crippen molar-refractivity contribution >= 4 is 32.7 Å². The number of para-hydroxylation sites is 3. The number of anilines is 1. The third-order valence-corrected chi connectivity index (χ3v) is 5.39. The third kappa shape index (κ3) is 3.98. The predicted octanol–water partition coefficient (Wildman–Crippen LogP) is 3.43. The quantitative estimate of drug-likeness (QED) is 0.488. The molecule has 8 nitrogen and oxygen atoms in total. The number of sulfonamides is 1. The van der Waals surface area contributed by atoms with Crippen molar-refractivity contribution in [2.24, 2.45) is 0 Å². The minimum atomic E-state index is -4.17. The Morgan fingerprint density at radius 2 is 1.88 bits per heavy atom. The van der Waals surface area contributed by atoms with Crippen LogP contribution in [0.1, 0.15) is 5.69 Å². The molecule has 0 amide bonds. The van der Waals surface area contributed by atoms with Crippen LogP contribution in [0.15, 0.2) is 64.3 Å². The Balaban J connectivity index is 1.88. The molecule has 0 aliphatic rings. The summed E-state index contributed by atoms with van der Waals surface area (Å²) in [5.41, 5.74) is 2.06. The van der Waals surface area contributed by atoms with E-state index in [-0.39, 0.29) is 12.3 Å². The molecule has 3 rings (SSSR count). The number of rotatable bonds is 7. The van der Waals surface area contributed by atoms with Crippen LogP contribution in [0.2, 0.25) is 0 Å². The van der Waals surface area contributed by atoms with Crippen LogP contribution in [-0.2, 0) is 16.6 Å². The zero-order chi connectivity index (χ0) is 18.6. The maximum Gasteiger partial charge on any atom is 0.289 e. The SMILES string of the molecule is O=[N+]([O-])c1ccccc1S(=O)(=O)Nc1ccccc1OCc1cscn1. The zero-order valence-electron chi connectivity index (χ0n) is 13.2. The van der Waals surface area contributed by atoms with Crippen molar-refractivity contribution < 1.29 is 18.1 Å². The highest BCUT2D eigenvalue weighted by Crippen LogP contribution is 2.30. The number of nitro benzene ring substituents is 1. The Morgan fingerprint density at radius 3 is 2.62 bits per heavy atom. The van der Waals surface area contributed by atoms with E-state index in [2.05, 4.69) is 9.71 Å². The predicted molar refractivity (Wildman–Crippen MR) is 96.8 cm³/mol. The average molecular weight is 391 g/mol. The fourth-order valence-corrected chi connectivity index (χ4v) is 3.96. The fourth-order valence-electron chi connectivity index (χ4n) is 2.17. The molecular formula is C16H13N3O5S2. The van der Waals surface area contributed by atoms with Crippen molar-refractivity contribution in [1.82, 2.24) is 4.98 Å². The normalized spacial score (nSPS) is 11.1. The van der Waals surface area contributed by atoms with Crippen LogP contribution in [0, 0.1) is 10.1 Å². The largest absolute Gasteiger partial charge is 0.485 e. The van der Waals surface area contributed by atoms with Crippen LogP contribution >= 0.6 is 11.3 Å². The highest BCUT2D eigenvalue weighted by Gasteiger charge is 2.26. The van der Waals surface area contributed by atoms with Gasteiger partial charge in [-0.3, -0.25) is 14.8 Å². The van der Waals surface area contributed by atoms with E-state index in [1.165, 1.54) is 35.6 Å². The molecule has 0 saturated carbocycles. The Bertz CT molecular complexity index is 1020. The Kier molecular flexibility index (Phi) is 5.14. The van der Waals surface area contributed by atoms with Crippen molar-refractivity contribution in [2.45, 2.75) is 11.5 Å². The molecule has 1 aromatic heterocycles. The molecule has 3 aromatic rings. The summed E-state index contributed by atoms with van der Waals surface area (Å²) < 4.78 is 33.2. The minimum absolute atomic E-state index is 0.174. The summed E-state index contributed by atoms with van der Waals surface area (Å²) in [6.45, 7) is 0.174. The summed E-state index contributed by atoms with van der Waals surface area (Å²) in [6, 6.07) is 11.6. The molecule has 0 bridgehead atoms. The Hall–Kier alpha value is -2.98. The van der Waals surface area contributed by atoms with Crippen LogP contribution in [-0.4, -0.2) is 18.3 Å². The van der Waals surface area contributed by atoms with Crippen LogP contribution in [0.3, 0.4) is 0 Å². The summed E-state index contributed by atoms with van der Waals surface area (Å²) in [6.07, 6.45) is 0. The number of hydrogen-bond acceptors (Lipinski definition) is 7. The van der Waals surface area contributed by atoms with Gasteiger partial charge in [-0.25, -0.2) is 13.4 Å². The van der Waals surface area contributed by atoms with Gasteiger partial charge in [-0.2, -0.15) is 0 Å². The Morgan fingerprint density at radius 1 is 1.15 bits per heavy atom. The summed E-state index contributed by atoms with van der Waals surface area (Å²) in [5.74, 6) is 0.294.